The molecule has 72 valence electrons. The van der Waals surface area contributed by atoms with Crippen molar-refractivity contribution in [2.24, 2.45) is 0 Å². The largest absolute Gasteiger partial charge is 0.481 e. The molecular formula is C10H15NO2. The summed E-state index contributed by atoms with van der Waals surface area (Å²) < 4.78 is 4.99. The van der Waals surface area contributed by atoms with Gasteiger partial charge >= 0.3 is 0 Å². The Hall–Kier alpha value is -1.09. The molecule has 1 aromatic heterocycles. The van der Waals surface area contributed by atoms with E-state index in [0.29, 0.717) is 5.88 Å². The monoisotopic (exact) mass is 181 g/mol. The summed E-state index contributed by atoms with van der Waals surface area (Å²) in [6.07, 6.45) is 1.25. The third-order valence-electron chi connectivity index (χ3n) is 1.81. The highest BCUT2D eigenvalue weighted by Gasteiger charge is 2.00. The Kier molecular flexibility index (Phi) is 3.71. The molecule has 0 aliphatic rings. The van der Waals surface area contributed by atoms with Crippen molar-refractivity contribution in [3.63, 3.8) is 0 Å². The number of rotatable bonds is 4. The van der Waals surface area contributed by atoms with E-state index in [-0.39, 0.29) is 6.10 Å². The zero-order chi connectivity index (χ0) is 9.68. The van der Waals surface area contributed by atoms with Crippen LogP contribution in [0.3, 0.4) is 0 Å². The second kappa shape index (κ2) is 4.82. The molecule has 1 N–H and O–H groups in total. The van der Waals surface area contributed by atoms with Gasteiger partial charge in [-0.3, -0.25) is 0 Å². The van der Waals surface area contributed by atoms with Crippen LogP contribution in [0.4, 0.5) is 0 Å². The van der Waals surface area contributed by atoms with Gasteiger partial charge in [-0.15, -0.1) is 0 Å². The van der Waals surface area contributed by atoms with E-state index in [1.165, 1.54) is 0 Å². The van der Waals surface area contributed by atoms with Crippen molar-refractivity contribution in [2.45, 2.75) is 25.9 Å². The van der Waals surface area contributed by atoms with Gasteiger partial charge in [0.05, 0.1) is 13.2 Å². The van der Waals surface area contributed by atoms with E-state index in [2.05, 4.69) is 4.98 Å². The van der Waals surface area contributed by atoms with Crippen LogP contribution in [0, 0.1) is 0 Å². The van der Waals surface area contributed by atoms with Gasteiger partial charge in [-0.05, 0) is 25.8 Å². The van der Waals surface area contributed by atoms with Crippen molar-refractivity contribution in [1.29, 1.82) is 0 Å². The van der Waals surface area contributed by atoms with Gasteiger partial charge in [-0.25, -0.2) is 4.98 Å². The Bertz CT molecular complexity index is 261. The molecule has 13 heavy (non-hydrogen) atoms. The lowest BCUT2D eigenvalue weighted by Gasteiger charge is -2.04. The molecule has 0 unspecified atom stereocenters. The lowest BCUT2D eigenvalue weighted by Crippen LogP contribution is -2.02. The minimum Gasteiger partial charge on any atom is -0.481 e. The molecule has 0 fully saturated rings. The molecule has 0 saturated heterocycles. The molecule has 1 heterocycles. The smallest absolute Gasteiger partial charge is 0.213 e. The maximum Gasteiger partial charge on any atom is 0.213 e. The van der Waals surface area contributed by atoms with E-state index < -0.39 is 0 Å². The first-order valence-corrected chi connectivity index (χ1v) is 4.40. The normalized spacial score (nSPS) is 12.5. The topological polar surface area (TPSA) is 42.4 Å². The average Bonchev–Trinajstić information content (AvgIpc) is 2.15. The second-order valence-electron chi connectivity index (χ2n) is 3.06. The van der Waals surface area contributed by atoms with Gasteiger partial charge < -0.3 is 9.84 Å². The quantitative estimate of drug-likeness (QED) is 0.763. The number of ether oxygens (including phenoxy) is 1. The minimum absolute atomic E-state index is 0.270. The summed E-state index contributed by atoms with van der Waals surface area (Å²) in [6.45, 7) is 1.78. The summed E-state index contributed by atoms with van der Waals surface area (Å²) >= 11 is 0. The number of aromatic nitrogens is 1. The number of aryl methyl sites for hydroxylation is 1. The Morgan fingerprint density at radius 2 is 2.31 bits per heavy atom. The standard InChI is InChI=1S/C10H15NO2/c1-8(12)6-7-9-4-3-5-10(11-9)13-2/h3-5,8,12H,6-7H2,1-2H3/t8-/m1/s1. The van der Waals surface area contributed by atoms with Crippen LogP contribution in [0.5, 0.6) is 5.88 Å². The van der Waals surface area contributed by atoms with Gasteiger partial charge in [-0.1, -0.05) is 6.07 Å². The Labute approximate surface area is 78.4 Å². The molecule has 0 aromatic carbocycles. The van der Waals surface area contributed by atoms with E-state index in [4.69, 9.17) is 9.84 Å². The molecule has 1 atom stereocenters. The van der Waals surface area contributed by atoms with Crippen molar-refractivity contribution in [1.82, 2.24) is 4.98 Å². The second-order valence-corrected chi connectivity index (χ2v) is 3.06. The summed E-state index contributed by atoms with van der Waals surface area (Å²) in [5, 5.41) is 9.08. The number of pyridine rings is 1. The van der Waals surface area contributed by atoms with Crippen LogP contribution >= 0.6 is 0 Å². The van der Waals surface area contributed by atoms with Crippen molar-refractivity contribution in [3.05, 3.63) is 23.9 Å². The van der Waals surface area contributed by atoms with E-state index in [9.17, 15) is 0 Å². The Morgan fingerprint density at radius 3 is 2.92 bits per heavy atom. The Morgan fingerprint density at radius 1 is 1.54 bits per heavy atom. The highest BCUT2D eigenvalue weighted by Crippen LogP contribution is 2.08. The zero-order valence-corrected chi connectivity index (χ0v) is 8.03. The van der Waals surface area contributed by atoms with E-state index in [0.717, 1.165) is 18.5 Å². The van der Waals surface area contributed by atoms with Crippen LogP contribution in [0.2, 0.25) is 0 Å². The molecule has 0 amide bonds. The summed E-state index contributed by atoms with van der Waals surface area (Å²) in [7, 11) is 1.60. The van der Waals surface area contributed by atoms with Gasteiger partial charge in [-0.2, -0.15) is 0 Å². The first-order chi connectivity index (χ1) is 6.22. The summed E-state index contributed by atoms with van der Waals surface area (Å²) in [5.41, 5.74) is 0.959. The third kappa shape index (κ3) is 3.42. The molecule has 1 rings (SSSR count). The van der Waals surface area contributed by atoms with Crippen molar-refractivity contribution < 1.29 is 9.84 Å². The number of hydrogen-bond donors (Lipinski definition) is 1. The van der Waals surface area contributed by atoms with E-state index >= 15 is 0 Å². The van der Waals surface area contributed by atoms with Crippen molar-refractivity contribution >= 4 is 0 Å². The molecule has 0 radical (unpaired) electrons. The maximum atomic E-state index is 9.08. The molecule has 3 heteroatoms. The molecular weight excluding hydrogens is 166 g/mol. The van der Waals surface area contributed by atoms with Gasteiger partial charge in [0.15, 0.2) is 0 Å². The maximum absolute atomic E-state index is 9.08. The minimum atomic E-state index is -0.270. The van der Waals surface area contributed by atoms with Gasteiger partial charge in [0.1, 0.15) is 0 Å². The first kappa shape index (κ1) is 9.99. The van der Waals surface area contributed by atoms with E-state index in [1.54, 1.807) is 14.0 Å². The van der Waals surface area contributed by atoms with E-state index in [1.807, 2.05) is 18.2 Å². The lowest BCUT2D eigenvalue weighted by atomic mass is 10.1. The number of aliphatic hydroxyl groups excluding tert-OH is 1. The fourth-order valence-corrected chi connectivity index (χ4v) is 1.07. The average molecular weight is 181 g/mol. The molecule has 3 nitrogen and oxygen atoms in total. The van der Waals surface area contributed by atoms with Gasteiger partial charge in [0, 0.05) is 11.8 Å². The number of aliphatic hydroxyl groups is 1. The highest BCUT2D eigenvalue weighted by atomic mass is 16.5. The number of methoxy groups -OCH3 is 1. The predicted molar refractivity (Wildman–Crippen MR) is 50.8 cm³/mol. The lowest BCUT2D eigenvalue weighted by molar-refractivity contribution is 0.184. The third-order valence-corrected chi connectivity index (χ3v) is 1.81. The molecule has 1 aromatic rings. The zero-order valence-electron chi connectivity index (χ0n) is 8.03. The molecule has 0 saturated carbocycles. The molecule has 0 bridgehead atoms. The summed E-state index contributed by atoms with van der Waals surface area (Å²) in [4.78, 5) is 4.23. The summed E-state index contributed by atoms with van der Waals surface area (Å²) in [5.74, 6) is 0.628. The van der Waals surface area contributed by atoms with Crippen LogP contribution in [-0.4, -0.2) is 23.3 Å². The van der Waals surface area contributed by atoms with Crippen LogP contribution in [0.25, 0.3) is 0 Å². The Balaban J connectivity index is 2.56. The first-order valence-electron chi connectivity index (χ1n) is 4.40. The van der Waals surface area contributed by atoms with Crippen LogP contribution < -0.4 is 4.74 Å². The van der Waals surface area contributed by atoms with Crippen molar-refractivity contribution in [2.75, 3.05) is 7.11 Å². The SMILES string of the molecule is COc1cccc(CC[C@@H](C)O)n1. The van der Waals surface area contributed by atoms with Crippen LogP contribution in [0.15, 0.2) is 18.2 Å². The molecule has 0 aliphatic carbocycles. The van der Waals surface area contributed by atoms with Crippen LogP contribution in [-0.2, 0) is 6.42 Å². The van der Waals surface area contributed by atoms with Gasteiger partial charge in [0.2, 0.25) is 5.88 Å². The molecule has 0 aliphatic heterocycles. The number of hydrogen-bond acceptors (Lipinski definition) is 3. The van der Waals surface area contributed by atoms with Crippen molar-refractivity contribution in [3.8, 4) is 5.88 Å². The van der Waals surface area contributed by atoms with Crippen LogP contribution in [0.1, 0.15) is 19.0 Å². The highest BCUT2D eigenvalue weighted by molar-refractivity contribution is 5.15. The van der Waals surface area contributed by atoms with Gasteiger partial charge in [0.25, 0.3) is 0 Å². The number of nitrogens with zero attached hydrogens (tertiary/aromatic N) is 1. The predicted octanol–water partition coefficient (Wildman–Crippen LogP) is 1.40. The fourth-order valence-electron chi connectivity index (χ4n) is 1.07. The summed E-state index contributed by atoms with van der Waals surface area (Å²) in [6, 6.07) is 5.65. The fraction of sp³-hybridized carbons (Fsp3) is 0.500. The molecule has 0 spiro atoms.